The maximum atomic E-state index is 6.22. The molecule has 2 saturated heterocycles. The third-order valence-electron chi connectivity index (χ3n) is 5.52. The zero-order valence-corrected chi connectivity index (χ0v) is 15.8. The van der Waals surface area contributed by atoms with Gasteiger partial charge < -0.3 is 18.8 Å². The number of hydrogen-bond donors (Lipinski definition) is 0. The molecule has 26 heavy (non-hydrogen) atoms. The second-order valence-corrected chi connectivity index (χ2v) is 7.66. The molecule has 2 aromatic rings. The van der Waals surface area contributed by atoms with E-state index in [0.29, 0.717) is 25.0 Å². The van der Waals surface area contributed by atoms with E-state index < -0.39 is 0 Å². The van der Waals surface area contributed by atoms with E-state index in [-0.39, 0.29) is 17.6 Å². The highest BCUT2D eigenvalue weighted by Crippen LogP contribution is 2.41. The van der Waals surface area contributed by atoms with Crippen LogP contribution in [0, 0.1) is 6.92 Å². The van der Waals surface area contributed by atoms with Crippen LogP contribution in [0.3, 0.4) is 0 Å². The lowest BCUT2D eigenvalue weighted by atomic mass is 9.74. The Morgan fingerprint density at radius 1 is 1.08 bits per heavy atom. The lowest BCUT2D eigenvalue weighted by Crippen LogP contribution is -2.40. The number of rotatable bonds is 3. The SMILES string of the molecule is Cc1ccc(C2(c3nnc([C@H]4CN(C)C[C@@H](C)O4)o3)CCOCC2)cc1. The van der Waals surface area contributed by atoms with Crippen molar-refractivity contribution in [2.45, 2.75) is 44.3 Å². The van der Waals surface area contributed by atoms with E-state index in [1.54, 1.807) is 0 Å². The van der Waals surface area contributed by atoms with Gasteiger partial charge in [-0.15, -0.1) is 10.2 Å². The minimum Gasteiger partial charge on any atom is -0.421 e. The minimum absolute atomic E-state index is 0.156. The van der Waals surface area contributed by atoms with Crippen LogP contribution in [0.15, 0.2) is 28.7 Å². The first-order valence-electron chi connectivity index (χ1n) is 9.39. The quantitative estimate of drug-likeness (QED) is 0.842. The summed E-state index contributed by atoms with van der Waals surface area (Å²) in [6.45, 7) is 7.26. The first kappa shape index (κ1) is 17.6. The van der Waals surface area contributed by atoms with Crippen LogP contribution >= 0.6 is 0 Å². The van der Waals surface area contributed by atoms with E-state index >= 15 is 0 Å². The van der Waals surface area contributed by atoms with Gasteiger partial charge in [0.1, 0.15) is 6.10 Å². The second kappa shape index (κ2) is 7.10. The highest BCUT2D eigenvalue weighted by Gasteiger charge is 2.42. The van der Waals surface area contributed by atoms with Crippen LogP contribution in [0.4, 0.5) is 0 Å². The summed E-state index contributed by atoms with van der Waals surface area (Å²) in [5.41, 5.74) is 2.19. The summed E-state index contributed by atoms with van der Waals surface area (Å²) in [4.78, 5) is 2.24. The minimum atomic E-state index is -0.274. The number of morpholine rings is 1. The topological polar surface area (TPSA) is 60.6 Å². The van der Waals surface area contributed by atoms with Crippen molar-refractivity contribution in [3.05, 3.63) is 47.2 Å². The molecule has 6 nitrogen and oxygen atoms in total. The van der Waals surface area contributed by atoms with Crippen molar-refractivity contribution in [3.8, 4) is 0 Å². The maximum absolute atomic E-state index is 6.22. The maximum Gasteiger partial charge on any atom is 0.246 e. The summed E-state index contributed by atoms with van der Waals surface area (Å²) in [5.74, 6) is 1.26. The van der Waals surface area contributed by atoms with Crippen LogP contribution in [-0.4, -0.2) is 54.6 Å². The van der Waals surface area contributed by atoms with E-state index in [1.165, 1.54) is 11.1 Å². The predicted octanol–water partition coefficient (Wildman–Crippen LogP) is 2.87. The van der Waals surface area contributed by atoms with Gasteiger partial charge in [-0.1, -0.05) is 29.8 Å². The molecule has 2 atom stereocenters. The van der Waals surface area contributed by atoms with Crippen molar-refractivity contribution in [1.82, 2.24) is 15.1 Å². The van der Waals surface area contributed by atoms with E-state index in [1.807, 2.05) is 0 Å². The van der Waals surface area contributed by atoms with Gasteiger partial charge in [0.05, 0.1) is 11.5 Å². The molecule has 3 heterocycles. The number of nitrogens with zero attached hydrogens (tertiary/aromatic N) is 3. The molecule has 0 spiro atoms. The molecule has 2 fully saturated rings. The average Bonchev–Trinajstić information content (AvgIpc) is 3.13. The van der Waals surface area contributed by atoms with Crippen molar-refractivity contribution in [2.75, 3.05) is 33.4 Å². The normalized spacial score (nSPS) is 26.7. The molecular formula is C20H27N3O3. The Kier molecular flexibility index (Phi) is 4.82. The van der Waals surface area contributed by atoms with Gasteiger partial charge in [0, 0.05) is 26.3 Å². The summed E-state index contributed by atoms with van der Waals surface area (Å²) in [5, 5.41) is 8.83. The van der Waals surface area contributed by atoms with E-state index in [4.69, 9.17) is 13.9 Å². The molecule has 140 valence electrons. The number of aromatic nitrogens is 2. The molecule has 0 radical (unpaired) electrons. The average molecular weight is 357 g/mol. The standard InChI is InChI=1S/C20H27N3O3/c1-14-4-6-16(7-5-14)20(8-10-24-11-9-20)19-22-21-18(26-19)17-13-23(3)12-15(2)25-17/h4-7,15,17H,8-13H2,1-3H3/t15-,17-/m1/s1. The highest BCUT2D eigenvalue weighted by molar-refractivity contribution is 5.34. The van der Waals surface area contributed by atoms with E-state index in [0.717, 1.165) is 25.9 Å². The summed E-state index contributed by atoms with van der Waals surface area (Å²) in [6, 6.07) is 8.64. The van der Waals surface area contributed by atoms with Gasteiger partial charge in [0.2, 0.25) is 11.8 Å². The van der Waals surface area contributed by atoms with Crippen LogP contribution in [0.25, 0.3) is 0 Å². The molecule has 1 aromatic heterocycles. The van der Waals surface area contributed by atoms with Gasteiger partial charge >= 0.3 is 0 Å². The van der Waals surface area contributed by atoms with Crippen LogP contribution in [-0.2, 0) is 14.9 Å². The first-order chi connectivity index (χ1) is 12.6. The predicted molar refractivity (Wildman–Crippen MR) is 97.1 cm³/mol. The van der Waals surface area contributed by atoms with E-state index in [2.05, 4.69) is 60.3 Å². The number of likely N-dealkylation sites (N-methyl/N-ethyl adjacent to an activating group) is 1. The van der Waals surface area contributed by atoms with Crippen LogP contribution < -0.4 is 0 Å². The highest BCUT2D eigenvalue weighted by atomic mass is 16.5. The molecule has 0 bridgehead atoms. The van der Waals surface area contributed by atoms with Gasteiger partial charge in [-0.2, -0.15) is 0 Å². The van der Waals surface area contributed by atoms with Gasteiger partial charge in [0.15, 0.2) is 0 Å². The molecule has 2 aliphatic heterocycles. The van der Waals surface area contributed by atoms with Gasteiger partial charge in [0.25, 0.3) is 0 Å². The van der Waals surface area contributed by atoms with Crippen molar-refractivity contribution in [2.24, 2.45) is 0 Å². The Hall–Kier alpha value is -1.76. The molecule has 0 saturated carbocycles. The van der Waals surface area contributed by atoms with Crippen LogP contribution in [0.1, 0.15) is 48.8 Å². The molecule has 2 aliphatic rings. The molecule has 0 aliphatic carbocycles. The van der Waals surface area contributed by atoms with Gasteiger partial charge in [-0.3, -0.25) is 0 Å². The number of aryl methyl sites for hydroxylation is 1. The Morgan fingerprint density at radius 3 is 2.50 bits per heavy atom. The van der Waals surface area contributed by atoms with Crippen molar-refractivity contribution in [3.63, 3.8) is 0 Å². The molecule has 4 rings (SSSR count). The zero-order chi connectivity index (χ0) is 18.1. The monoisotopic (exact) mass is 357 g/mol. The third-order valence-corrected chi connectivity index (χ3v) is 5.52. The molecule has 0 amide bonds. The molecule has 0 N–H and O–H groups in total. The van der Waals surface area contributed by atoms with Crippen molar-refractivity contribution >= 4 is 0 Å². The Bertz CT molecular complexity index is 727. The molecule has 1 aromatic carbocycles. The number of hydrogen-bond acceptors (Lipinski definition) is 6. The lowest BCUT2D eigenvalue weighted by Gasteiger charge is -2.35. The molecular weight excluding hydrogens is 330 g/mol. The summed E-state index contributed by atoms with van der Waals surface area (Å²) in [7, 11) is 2.09. The number of ether oxygens (including phenoxy) is 2. The Morgan fingerprint density at radius 2 is 1.81 bits per heavy atom. The smallest absolute Gasteiger partial charge is 0.246 e. The fourth-order valence-electron chi connectivity index (χ4n) is 4.08. The van der Waals surface area contributed by atoms with Gasteiger partial charge in [-0.25, -0.2) is 0 Å². The molecule has 0 unspecified atom stereocenters. The number of benzene rings is 1. The summed E-state index contributed by atoms with van der Waals surface area (Å²) < 4.78 is 17.9. The Labute approximate surface area is 154 Å². The fourth-order valence-corrected chi connectivity index (χ4v) is 4.08. The first-order valence-corrected chi connectivity index (χ1v) is 9.39. The van der Waals surface area contributed by atoms with Crippen molar-refractivity contribution in [1.29, 1.82) is 0 Å². The summed E-state index contributed by atoms with van der Waals surface area (Å²) in [6.07, 6.45) is 1.68. The van der Waals surface area contributed by atoms with Crippen LogP contribution in [0.5, 0.6) is 0 Å². The third kappa shape index (κ3) is 3.29. The van der Waals surface area contributed by atoms with Crippen LogP contribution in [0.2, 0.25) is 0 Å². The fraction of sp³-hybridized carbons (Fsp3) is 0.600. The molecule has 6 heteroatoms. The second-order valence-electron chi connectivity index (χ2n) is 7.66. The Balaban J connectivity index is 1.67. The largest absolute Gasteiger partial charge is 0.421 e. The van der Waals surface area contributed by atoms with Crippen molar-refractivity contribution < 1.29 is 13.9 Å². The summed E-state index contributed by atoms with van der Waals surface area (Å²) >= 11 is 0. The van der Waals surface area contributed by atoms with E-state index in [9.17, 15) is 0 Å². The zero-order valence-electron chi connectivity index (χ0n) is 15.8. The lowest BCUT2D eigenvalue weighted by molar-refractivity contribution is -0.0830. The van der Waals surface area contributed by atoms with Gasteiger partial charge in [-0.05, 0) is 39.3 Å².